The Kier molecular flexibility index (Phi) is 7.52. The standard InChI is InChI=1S/C27H29N5O3S/c33-15-14-31-10-12-32(13-11-31)27(35)21-8-6-20(7-9-21)24-16-22-25(36-24)26(29-18-28-22)30-23(17-34)19-4-2-1-3-5-19/h1-9,16,18,23,33-34H,10-15,17H2,(H,28,29,30)/t23-/m1/s1. The molecule has 5 rings (SSSR count). The summed E-state index contributed by atoms with van der Waals surface area (Å²) < 4.78 is 0.919. The monoisotopic (exact) mass is 503 g/mol. The van der Waals surface area contributed by atoms with E-state index in [4.69, 9.17) is 5.11 Å². The van der Waals surface area contributed by atoms with Crippen molar-refractivity contribution in [3.63, 3.8) is 0 Å². The Morgan fingerprint density at radius 3 is 2.44 bits per heavy atom. The number of thiophene rings is 1. The highest BCUT2D eigenvalue weighted by atomic mass is 32.1. The number of β-amino-alcohol motifs (C(OH)–C–C–N with tert-alkyl or cyclic N) is 1. The number of nitrogens with one attached hydrogen (secondary N) is 1. The first kappa shape index (κ1) is 24.3. The van der Waals surface area contributed by atoms with Crippen LogP contribution in [0.4, 0.5) is 5.82 Å². The van der Waals surface area contributed by atoms with Crippen LogP contribution < -0.4 is 5.32 Å². The molecule has 1 saturated heterocycles. The van der Waals surface area contributed by atoms with Crippen molar-refractivity contribution in [3.05, 3.63) is 78.1 Å². The van der Waals surface area contributed by atoms with E-state index in [0.717, 1.165) is 39.3 Å². The number of fused-ring (bicyclic) bond motifs is 1. The highest BCUT2D eigenvalue weighted by Crippen LogP contribution is 2.36. The van der Waals surface area contributed by atoms with Gasteiger partial charge in [-0.3, -0.25) is 9.69 Å². The zero-order valence-electron chi connectivity index (χ0n) is 19.9. The van der Waals surface area contributed by atoms with E-state index in [9.17, 15) is 9.90 Å². The molecule has 0 spiro atoms. The smallest absolute Gasteiger partial charge is 0.253 e. The Morgan fingerprint density at radius 2 is 1.75 bits per heavy atom. The van der Waals surface area contributed by atoms with Gasteiger partial charge in [0.2, 0.25) is 0 Å². The first-order valence-corrected chi connectivity index (χ1v) is 12.9. The maximum absolute atomic E-state index is 13.0. The van der Waals surface area contributed by atoms with Crippen molar-refractivity contribution in [2.75, 3.05) is 51.3 Å². The van der Waals surface area contributed by atoms with Crippen LogP contribution in [0.15, 0.2) is 67.0 Å². The summed E-state index contributed by atoms with van der Waals surface area (Å²) in [5, 5.41) is 22.4. The maximum atomic E-state index is 13.0. The molecule has 1 aliphatic heterocycles. The van der Waals surface area contributed by atoms with E-state index in [-0.39, 0.29) is 25.2 Å². The van der Waals surface area contributed by atoms with Crippen LogP contribution in [0, 0.1) is 0 Å². The summed E-state index contributed by atoms with van der Waals surface area (Å²) in [6.45, 7) is 3.65. The van der Waals surface area contributed by atoms with Gasteiger partial charge in [-0.1, -0.05) is 42.5 Å². The number of rotatable bonds is 8. The number of aromatic nitrogens is 2. The highest BCUT2D eigenvalue weighted by molar-refractivity contribution is 7.22. The first-order chi connectivity index (χ1) is 17.7. The fourth-order valence-electron chi connectivity index (χ4n) is 4.46. The van der Waals surface area contributed by atoms with E-state index in [0.29, 0.717) is 31.0 Å². The molecule has 1 atom stereocenters. The number of nitrogens with zero attached hydrogens (tertiary/aromatic N) is 4. The zero-order chi connectivity index (χ0) is 24.9. The molecule has 0 aliphatic carbocycles. The summed E-state index contributed by atoms with van der Waals surface area (Å²) in [6.07, 6.45) is 1.53. The SMILES string of the molecule is O=C(c1ccc(-c2cc3ncnc(N[C@H](CO)c4ccccc4)c3s2)cc1)N1CCN(CCO)CC1. The van der Waals surface area contributed by atoms with Gasteiger partial charge in [-0.05, 0) is 29.3 Å². The lowest BCUT2D eigenvalue weighted by atomic mass is 10.1. The molecule has 3 heterocycles. The van der Waals surface area contributed by atoms with Gasteiger partial charge in [-0.25, -0.2) is 9.97 Å². The number of aliphatic hydroxyl groups excluding tert-OH is 2. The van der Waals surface area contributed by atoms with Gasteiger partial charge in [0.05, 0.1) is 29.5 Å². The third-order valence-electron chi connectivity index (χ3n) is 6.50. The van der Waals surface area contributed by atoms with E-state index < -0.39 is 0 Å². The molecule has 3 N–H and O–H groups in total. The number of hydrogen-bond donors (Lipinski definition) is 3. The molecule has 2 aromatic carbocycles. The molecule has 0 radical (unpaired) electrons. The Balaban J connectivity index is 1.32. The van der Waals surface area contributed by atoms with Gasteiger partial charge in [0, 0.05) is 43.2 Å². The largest absolute Gasteiger partial charge is 0.395 e. The van der Waals surface area contributed by atoms with Crippen LogP contribution in [0.2, 0.25) is 0 Å². The molecule has 4 aromatic rings. The lowest BCUT2D eigenvalue weighted by molar-refractivity contribution is 0.0615. The van der Waals surface area contributed by atoms with Crippen molar-refractivity contribution < 1.29 is 15.0 Å². The molecule has 0 saturated carbocycles. The summed E-state index contributed by atoms with van der Waals surface area (Å²) in [6, 6.07) is 19.3. The molecule has 9 heteroatoms. The van der Waals surface area contributed by atoms with E-state index in [1.165, 1.54) is 6.33 Å². The highest BCUT2D eigenvalue weighted by Gasteiger charge is 2.22. The number of aliphatic hydroxyl groups is 2. The van der Waals surface area contributed by atoms with Gasteiger partial charge in [0.25, 0.3) is 5.91 Å². The second-order valence-electron chi connectivity index (χ2n) is 8.77. The molecule has 1 amide bonds. The Hall–Kier alpha value is -3.37. The van der Waals surface area contributed by atoms with Crippen LogP contribution in [-0.4, -0.2) is 81.8 Å². The molecule has 0 unspecified atom stereocenters. The van der Waals surface area contributed by atoms with Gasteiger partial charge in [-0.15, -0.1) is 11.3 Å². The second kappa shape index (κ2) is 11.1. The summed E-state index contributed by atoms with van der Waals surface area (Å²) in [4.78, 5) is 26.9. The fourth-order valence-corrected chi connectivity index (χ4v) is 5.53. The number of amides is 1. The third kappa shape index (κ3) is 5.24. The second-order valence-corrected chi connectivity index (χ2v) is 9.82. The lowest BCUT2D eigenvalue weighted by Gasteiger charge is -2.34. The van der Waals surface area contributed by atoms with Crippen LogP contribution in [0.3, 0.4) is 0 Å². The molecule has 8 nitrogen and oxygen atoms in total. The average molecular weight is 504 g/mol. The minimum absolute atomic E-state index is 0.0369. The minimum atomic E-state index is -0.273. The van der Waals surface area contributed by atoms with Crippen LogP contribution in [0.25, 0.3) is 20.7 Å². The summed E-state index contributed by atoms with van der Waals surface area (Å²) in [5.41, 5.74) is 3.50. The van der Waals surface area contributed by atoms with E-state index >= 15 is 0 Å². The number of carbonyl (C=O) groups is 1. The van der Waals surface area contributed by atoms with Crippen molar-refractivity contribution in [2.45, 2.75) is 6.04 Å². The Labute approximate surface area is 213 Å². The van der Waals surface area contributed by atoms with Crippen molar-refractivity contribution in [1.82, 2.24) is 19.8 Å². The quantitative estimate of drug-likeness (QED) is 0.339. The first-order valence-electron chi connectivity index (χ1n) is 12.1. The molecule has 36 heavy (non-hydrogen) atoms. The van der Waals surface area contributed by atoms with Crippen LogP contribution >= 0.6 is 11.3 Å². The average Bonchev–Trinajstić information content (AvgIpc) is 3.38. The zero-order valence-corrected chi connectivity index (χ0v) is 20.7. The molecular weight excluding hydrogens is 474 g/mol. The summed E-state index contributed by atoms with van der Waals surface area (Å²) in [7, 11) is 0. The molecular formula is C27H29N5O3S. The van der Waals surface area contributed by atoms with Gasteiger partial charge in [-0.2, -0.15) is 0 Å². The number of carbonyl (C=O) groups excluding carboxylic acids is 1. The van der Waals surface area contributed by atoms with Crippen molar-refractivity contribution in [3.8, 4) is 10.4 Å². The van der Waals surface area contributed by atoms with Crippen molar-refractivity contribution >= 4 is 33.3 Å². The van der Waals surface area contributed by atoms with Gasteiger partial charge in [0.15, 0.2) is 0 Å². The van der Waals surface area contributed by atoms with Crippen molar-refractivity contribution in [1.29, 1.82) is 0 Å². The molecule has 1 fully saturated rings. The molecule has 1 aliphatic rings. The molecule has 0 bridgehead atoms. The predicted molar refractivity (Wildman–Crippen MR) is 142 cm³/mol. The summed E-state index contributed by atoms with van der Waals surface area (Å²) >= 11 is 1.58. The Bertz CT molecular complexity index is 1300. The number of hydrogen-bond acceptors (Lipinski definition) is 8. The molecule has 2 aromatic heterocycles. The Morgan fingerprint density at radius 1 is 1.00 bits per heavy atom. The van der Waals surface area contributed by atoms with Crippen LogP contribution in [-0.2, 0) is 0 Å². The maximum Gasteiger partial charge on any atom is 0.253 e. The van der Waals surface area contributed by atoms with Crippen LogP contribution in [0.5, 0.6) is 0 Å². The number of benzene rings is 2. The summed E-state index contributed by atoms with van der Waals surface area (Å²) in [5.74, 6) is 0.723. The van der Waals surface area contributed by atoms with Crippen LogP contribution in [0.1, 0.15) is 22.0 Å². The third-order valence-corrected chi connectivity index (χ3v) is 7.68. The lowest BCUT2D eigenvalue weighted by Crippen LogP contribution is -2.49. The number of anilines is 1. The predicted octanol–water partition coefficient (Wildman–Crippen LogP) is 3.25. The van der Waals surface area contributed by atoms with E-state index in [1.54, 1.807) is 11.3 Å². The van der Waals surface area contributed by atoms with Gasteiger partial charge < -0.3 is 20.4 Å². The molecule has 186 valence electrons. The van der Waals surface area contributed by atoms with Gasteiger partial charge in [0.1, 0.15) is 12.1 Å². The normalized spacial score (nSPS) is 15.2. The fraction of sp³-hybridized carbons (Fsp3) is 0.296. The van der Waals surface area contributed by atoms with E-state index in [2.05, 4.69) is 20.2 Å². The topological polar surface area (TPSA) is 102 Å². The van der Waals surface area contributed by atoms with E-state index in [1.807, 2.05) is 65.6 Å². The van der Waals surface area contributed by atoms with Gasteiger partial charge >= 0.3 is 0 Å². The van der Waals surface area contributed by atoms with Crippen molar-refractivity contribution in [2.24, 2.45) is 0 Å². The number of piperazine rings is 1. The minimum Gasteiger partial charge on any atom is -0.395 e.